The van der Waals surface area contributed by atoms with Crippen LogP contribution < -0.4 is 5.32 Å². The summed E-state index contributed by atoms with van der Waals surface area (Å²) in [6, 6.07) is 7.67. The second-order valence-electron chi connectivity index (χ2n) is 5.61. The molecule has 0 aliphatic carbocycles. The summed E-state index contributed by atoms with van der Waals surface area (Å²) < 4.78 is 0. The molecule has 1 aliphatic rings. The second-order valence-corrected chi connectivity index (χ2v) is 6.04. The Morgan fingerprint density at radius 3 is 2.60 bits per heavy atom. The summed E-state index contributed by atoms with van der Waals surface area (Å²) in [5, 5.41) is 4.09. The Hall–Kier alpha value is -1.06. The van der Waals surface area contributed by atoms with Crippen LogP contribution in [0, 0.1) is 5.92 Å². The first-order valence-electron chi connectivity index (χ1n) is 7.34. The van der Waals surface area contributed by atoms with Gasteiger partial charge in [-0.1, -0.05) is 23.7 Å². The van der Waals surface area contributed by atoms with Gasteiger partial charge in [-0.15, -0.1) is 0 Å². The zero-order valence-corrected chi connectivity index (χ0v) is 12.8. The average molecular weight is 295 g/mol. The lowest BCUT2D eigenvalue weighted by atomic mass is 9.93. The predicted molar refractivity (Wildman–Crippen MR) is 82.8 cm³/mol. The van der Waals surface area contributed by atoms with Crippen molar-refractivity contribution in [2.45, 2.75) is 32.2 Å². The van der Waals surface area contributed by atoms with E-state index in [0.29, 0.717) is 18.9 Å². The molecule has 110 valence electrons. The third-order valence-electron chi connectivity index (χ3n) is 3.98. The molecule has 0 aromatic heterocycles. The Bertz CT molecular complexity index is 427. The number of hydrogen-bond acceptors (Lipinski definition) is 2. The van der Waals surface area contributed by atoms with Gasteiger partial charge in [0.15, 0.2) is 0 Å². The van der Waals surface area contributed by atoms with Crippen LogP contribution in [0.2, 0.25) is 5.02 Å². The summed E-state index contributed by atoms with van der Waals surface area (Å²) in [6.07, 6.45) is 4.09. The third-order valence-corrected chi connectivity index (χ3v) is 4.24. The first-order chi connectivity index (χ1) is 9.65. The summed E-state index contributed by atoms with van der Waals surface area (Å²) in [6.45, 7) is 2.85. The Morgan fingerprint density at radius 2 is 1.95 bits per heavy atom. The molecular weight excluding hydrogens is 272 g/mol. The number of hydrogen-bond donors (Lipinski definition) is 1. The van der Waals surface area contributed by atoms with Crippen molar-refractivity contribution in [1.29, 1.82) is 0 Å². The highest BCUT2D eigenvalue weighted by atomic mass is 35.5. The molecule has 0 unspecified atom stereocenters. The first kappa shape index (κ1) is 15.3. The molecule has 0 atom stereocenters. The van der Waals surface area contributed by atoms with E-state index in [1.807, 2.05) is 36.2 Å². The van der Waals surface area contributed by atoms with E-state index >= 15 is 0 Å². The second kappa shape index (κ2) is 7.65. The standard InChI is InChI=1S/C16H23ClN2O/c1-19(12-14-2-5-15(17)6-3-14)16(20)7-4-13-8-10-18-11-9-13/h2-3,5-6,13,18H,4,7-12H2,1H3. The molecule has 1 aliphatic heterocycles. The van der Waals surface area contributed by atoms with Crippen LogP contribution in [0.5, 0.6) is 0 Å². The minimum atomic E-state index is 0.235. The molecule has 1 aromatic rings. The van der Waals surface area contributed by atoms with E-state index in [1.165, 1.54) is 12.8 Å². The van der Waals surface area contributed by atoms with E-state index in [0.717, 1.165) is 30.1 Å². The number of rotatable bonds is 5. The summed E-state index contributed by atoms with van der Waals surface area (Å²) >= 11 is 5.86. The fraction of sp³-hybridized carbons (Fsp3) is 0.562. The van der Waals surface area contributed by atoms with Gasteiger partial charge in [0.25, 0.3) is 0 Å². The SMILES string of the molecule is CN(Cc1ccc(Cl)cc1)C(=O)CCC1CCNCC1. The van der Waals surface area contributed by atoms with Gasteiger partial charge in [-0.05, 0) is 56.0 Å². The summed E-state index contributed by atoms with van der Waals surface area (Å²) in [7, 11) is 1.87. The van der Waals surface area contributed by atoms with Gasteiger partial charge in [0.1, 0.15) is 0 Å². The Labute approximate surface area is 126 Å². The van der Waals surface area contributed by atoms with Crippen LogP contribution in [0.15, 0.2) is 24.3 Å². The zero-order chi connectivity index (χ0) is 14.4. The molecule has 1 saturated heterocycles. The number of halogens is 1. The first-order valence-corrected chi connectivity index (χ1v) is 7.72. The molecule has 0 saturated carbocycles. The predicted octanol–water partition coefficient (Wildman–Crippen LogP) is 3.08. The number of nitrogens with one attached hydrogen (secondary N) is 1. The van der Waals surface area contributed by atoms with Crippen molar-refractivity contribution >= 4 is 17.5 Å². The van der Waals surface area contributed by atoms with Crippen molar-refractivity contribution in [3.05, 3.63) is 34.9 Å². The molecular formula is C16H23ClN2O. The number of amides is 1. The van der Waals surface area contributed by atoms with Crippen LogP contribution in [-0.2, 0) is 11.3 Å². The molecule has 1 fully saturated rings. The van der Waals surface area contributed by atoms with Gasteiger partial charge >= 0.3 is 0 Å². The van der Waals surface area contributed by atoms with E-state index in [9.17, 15) is 4.79 Å². The van der Waals surface area contributed by atoms with Crippen molar-refractivity contribution in [2.75, 3.05) is 20.1 Å². The van der Waals surface area contributed by atoms with E-state index < -0.39 is 0 Å². The monoisotopic (exact) mass is 294 g/mol. The van der Waals surface area contributed by atoms with Crippen LogP contribution >= 0.6 is 11.6 Å². The van der Waals surface area contributed by atoms with Crippen LogP contribution in [0.3, 0.4) is 0 Å². The maximum Gasteiger partial charge on any atom is 0.222 e. The van der Waals surface area contributed by atoms with Crippen molar-refractivity contribution in [3.8, 4) is 0 Å². The molecule has 0 radical (unpaired) electrons. The molecule has 0 bridgehead atoms. The van der Waals surface area contributed by atoms with Crippen molar-refractivity contribution < 1.29 is 4.79 Å². The summed E-state index contributed by atoms with van der Waals surface area (Å²) in [5.74, 6) is 0.947. The van der Waals surface area contributed by atoms with Gasteiger partial charge in [-0.3, -0.25) is 4.79 Å². The van der Waals surface area contributed by atoms with E-state index in [-0.39, 0.29) is 5.91 Å². The number of carbonyl (C=O) groups is 1. The number of benzene rings is 1. The molecule has 2 rings (SSSR count). The number of carbonyl (C=O) groups excluding carboxylic acids is 1. The van der Waals surface area contributed by atoms with E-state index in [2.05, 4.69) is 5.32 Å². The highest BCUT2D eigenvalue weighted by molar-refractivity contribution is 6.30. The van der Waals surface area contributed by atoms with Gasteiger partial charge in [-0.2, -0.15) is 0 Å². The quantitative estimate of drug-likeness (QED) is 0.905. The molecule has 0 spiro atoms. The van der Waals surface area contributed by atoms with Crippen molar-refractivity contribution in [3.63, 3.8) is 0 Å². The average Bonchev–Trinajstić information content (AvgIpc) is 2.48. The summed E-state index contributed by atoms with van der Waals surface area (Å²) in [5.41, 5.74) is 1.12. The Kier molecular flexibility index (Phi) is 5.86. The lowest BCUT2D eigenvalue weighted by molar-refractivity contribution is -0.130. The maximum atomic E-state index is 12.1. The van der Waals surface area contributed by atoms with Gasteiger partial charge in [0, 0.05) is 25.0 Å². The van der Waals surface area contributed by atoms with Gasteiger partial charge in [0.2, 0.25) is 5.91 Å². The molecule has 1 aromatic carbocycles. The van der Waals surface area contributed by atoms with E-state index in [1.54, 1.807) is 0 Å². The lowest BCUT2D eigenvalue weighted by Gasteiger charge is -2.23. The molecule has 1 N–H and O–H groups in total. The number of piperidine rings is 1. The topological polar surface area (TPSA) is 32.3 Å². The molecule has 20 heavy (non-hydrogen) atoms. The maximum absolute atomic E-state index is 12.1. The Morgan fingerprint density at radius 1 is 1.30 bits per heavy atom. The highest BCUT2D eigenvalue weighted by Crippen LogP contribution is 2.18. The fourth-order valence-electron chi connectivity index (χ4n) is 2.64. The van der Waals surface area contributed by atoms with Crippen molar-refractivity contribution in [2.24, 2.45) is 5.92 Å². The fourth-order valence-corrected chi connectivity index (χ4v) is 2.77. The lowest BCUT2D eigenvalue weighted by Crippen LogP contribution is -2.30. The highest BCUT2D eigenvalue weighted by Gasteiger charge is 2.16. The van der Waals surface area contributed by atoms with Gasteiger partial charge < -0.3 is 10.2 Å². The minimum absolute atomic E-state index is 0.235. The third kappa shape index (κ3) is 4.80. The van der Waals surface area contributed by atoms with Crippen LogP contribution in [-0.4, -0.2) is 30.9 Å². The molecule has 3 nitrogen and oxygen atoms in total. The van der Waals surface area contributed by atoms with Crippen LogP contribution in [0.1, 0.15) is 31.2 Å². The zero-order valence-electron chi connectivity index (χ0n) is 12.1. The van der Waals surface area contributed by atoms with Crippen LogP contribution in [0.25, 0.3) is 0 Å². The van der Waals surface area contributed by atoms with Gasteiger partial charge in [-0.25, -0.2) is 0 Å². The minimum Gasteiger partial charge on any atom is -0.341 e. The number of nitrogens with zero attached hydrogens (tertiary/aromatic N) is 1. The Balaban J connectivity index is 1.75. The summed E-state index contributed by atoms with van der Waals surface area (Å²) in [4.78, 5) is 14.0. The van der Waals surface area contributed by atoms with Gasteiger partial charge in [0.05, 0.1) is 0 Å². The van der Waals surface area contributed by atoms with Crippen molar-refractivity contribution in [1.82, 2.24) is 10.2 Å². The smallest absolute Gasteiger partial charge is 0.222 e. The normalized spacial score (nSPS) is 16.1. The molecule has 1 amide bonds. The van der Waals surface area contributed by atoms with Crippen LogP contribution in [0.4, 0.5) is 0 Å². The molecule has 1 heterocycles. The largest absolute Gasteiger partial charge is 0.341 e. The molecule has 4 heteroatoms. The van der Waals surface area contributed by atoms with E-state index in [4.69, 9.17) is 11.6 Å².